The van der Waals surface area contributed by atoms with Gasteiger partial charge in [0.15, 0.2) is 11.5 Å². The lowest BCUT2D eigenvalue weighted by molar-refractivity contribution is 0.0738. The third-order valence-electron chi connectivity index (χ3n) is 3.54. The van der Waals surface area contributed by atoms with Crippen molar-refractivity contribution in [3.8, 4) is 11.3 Å². The van der Waals surface area contributed by atoms with Crippen molar-refractivity contribution in [2.75, 3.05) is 6.54 Å². The van der Waals surface area contributed by atoms with Crippen molar-refractivity contribution in [1.29, 1.82) is 0 Å². The monoisotopic (exact) mass is 312 g/mol. The number of benzene rings is 1. The number of hydrogen-bond acceptors (Lipinski definition) is 6. The van der Waals surface area contributed by atoms with Crippen molar-refractivity contribution in [3.05, 3.63) is 53.5 Å². The zero-order valence-electron chi connectivity index (χ0n) is 12.9. The number of hydrogen-bond donors (Lipinski definition) is 0. The quantitative estimate of drug-likeness (QED) is 0.720. The summed E-state index contributed by atoms with van der Waals surface area (Å²) in [4.78, 5) is 14.2. The van der Waals surface area contributed by atoms with Crippen LogP contribution in [-0.2, 0) is 6.54 Å². The van der Waals surface area contributed by atoms with Gasteiger partial charge in [-0.15, -0.1) is 0 Å². The second kappa shape index (κ2) is 6.43. The molecule has 7 heteroatoms. The molecule has 0 spiro atoms. The fourth-order valence-corrected chi connectivity index (χ4v) is 2.18. The molecule has 0 N–H and O–H groups in total. The van der Waals surface area contributed by atoms with Gasteiger partial charge in [-0.3, -0.25) is 4.79 Å². The number of carbonyl (C=O) groups is 1. The molecule has 2 heterocycles. The summed E-state index contributed by atoms with van der Waals surface area (Å²) in [6.45, 7) is 4.50. The number of carbonyl (C=O) groups excluding carboxylic acids is 1. The molecule has 0 atom stereocenters. The van der Waals surface area contributed by atoms with Gasteiger partial charge < -0.3 is 9.42 Å². The highest BCUT2D eigenvalue weighted by molar-refractivity contribution is 5.93. The van der Waals surface area contributed by atoms with Gasteiger partial charge in [-0.2, -0.15) is 0 Å². The van der Waals surface area contributed by atoms with E-state index in [0.717, 1.165) is 5.56 Å². The molecule has 0 unspecified atom stereocenters. The second-order valence-electron chi connectivity index (χ2n) is 5.06. The normalized spacial score (nSPS) is 10.7. The standard InChI is InChI=1S/C16H16N4O3/c1-3-20(10-14-11(2)17-23-19-14)16(21)13-9-15(22-18-13)12-7-5-4-6-8-12/h4-9H,3,10H2,1-2H3. The molecule has 0 aliphatic carbocycles. The van der Waals surface area contributed by atoms with Gasteiger partial charge in [-0.25, -0.2) is 4.63 Å². The van der Waals surface area contributed by atoms with E-state index in [1.54, 1.807) is 17.9 Å². The van der Waals surface area contributed by atoms with Crippen molar-refractivity contribution in [2.45, 2.75) is 20.4 Å². The van der Waals surface area contributed by atoms with Crippen LogP contribution in [0.15, 0.2) is 45.6 Å². The maximum atomic E-state index is 12.6. The molecule has 0 aliphatic heterocycles. The minimum atomic E-state index is -0.221. The maximum Gasteiger partial charge on any atom is 0.276 e. The predicted octanol–water partition coefficient (Wildman–Crippen LogP) is 2.70. The summed E-state index contributed by atoms with van der Waals surface area (Å²) in [5, 5.41) is 11.4. The molecule has 1 aromatic carbocycles. The molecule has 3 rings (SSSR count). The SMILES string of the molecule is CCN(Cc1nonc1C)C(=O)c1cc(-c2ccccc2)on1. The first-order chi connectivity index (χ1) is 11.2. The van der Waals surface area contributed by atoms with E-state index in [1.807, 2.05) is 37.3 Å². The summed E-state index contributed by atoms with van der Waals surface area (Å²) in [5.41, 5.74) is 2.44. The number of nitrogens with zero attached hydrogens (tertiary/aromatic N) is 4. The van der Waals surface area contributed by atoms with Gasteiger partial charge >= 0.3 is 0 Å². The molecule has 1 amide bonds. The molecule has 23 heavy (non-hydrogen) atoms. The number of aryl methyl sites for hydroxylation is 1. The Labute approximate surface area is 132 Å². The highest BCUT2D eigenvalue weighted by Crippen LogP contribution is 2.20. The Morgan fingerprint density at radius 2 is 1.96 bits per heavy atom. The zero-order valence-corrected chi connectivity index (χ0v) is 12.9. The molecular weight excluding hydrogens is 296 g/mol. The molecule has 0 bridgehead atoms. The molecule has 118 valence electrons. The fourth-order valence-electron chi connectivity index (χ4n) is 2.18. The molecule has 0 saturated carbocycles. The highest BCUT2D eigenvalue weighted by atomic mass is 16.6. The summed E-state index contributed by atoms with van der Waals surface area (Å²) in [6, 6.07) is 11.2. The largest absolute Gasteiger partial charge is 0.355 e. The second-order valence-corrected chi connectivity index (χ2v) is 5.06. The molecule has 7 nitrogen and oxygen atoms in total. The van der Waals surface area contributed by atoms with Gasteiger partial charge in [0.1, 0.15) is 11.4 Å². The van der Waals surface area contributed by atoms with Gasteiger partial charge in [0.2, 0.25) is 0 Å². The Morgan fingerprint density at radius 1 is 1.17 bits per heavy atom. The fraction of sp³-hybridized carbons (Fsp3) is 0.250. The van der Waals surface area contributed by atoms with E-state index in [1.165, 1.54) is 0 Å². The van der Waals surface area contributed by atoms with Crippen LogP contribution in [-0.4, -0.2) is 32.8 Å². The summed E-state index contributed by atoms with van der Waals surface area (Å²) in [6.07, 6.45) is 0. The predicted molar refractivity (Wildman–Crippen MR) is 81.4 cm³/mol. The highest BCUT2D eigenvalue weighted by Gasteiger charge is 2.21. The lowest BCUT2D eigenvalue weighted by Crippen LogP contribution is -2.30. The molecule has 0 fully saturated rings. The molecule has 3 aromatic rings. The summed E-state index contributed by atoms with van der Waals surface area (Å²) < 4.78 is 9.95. The average Bonchev–Trinajstić information content (AvgIpc) is 3.22. The Morgan fingerprint density at radius 3 is 2.61 bits per heavy atom. The number of aromatic nitrogens is 3. The molecule has 2 aromatic heterocycles. The van der Waals surface area contributed by atoms with Crippen LogP contribution >= 0.6 is 0 Å². The van der Waals surface area contributed by atoms with Crippen molar-refractivity contribution in [2.24, 2.45) is 0 Å². The van der Waals surface area contributed by atoms with Gasteiger partial charge in [0.05, 0.1) is 6.54 Å². The van der Waals surface area contributed by atoms with Gasteiger partial charge in [-0.05, 0) is 13.8 Å². The van der Waals surface area contributed by atoms with Crippen LogP contribution in [0.25, 0.3) is 11.3 Å². The summed E-state index contributed by atoms with van der Waals surface area (Å²) in [5.74, 6) is 0.338. The van der Waals surface area contributed by atoms with Crippen LogP contribution in [0.4, 0.5) is 0 Å². The first-order valence-electron chi connectivity index (χ1n) is 7.28. The lowest BCUT2D eigenvalue weighted by atomic mass is 10.1. The van der Waals surface area contributed by atoms with E-state index in [4.69, 9.17) is 4.52 Å². The van der Waals surface area contributed by atoms with Crippen LogP contribution in [0.1, 0.15) is 28.8 Å². The Bertz CT molecular complexity index is 795. The lowest BCUT2D eigenvalue weighted by Gasteiger charge is -2.17. The topological polar surface area (TPSA) is 85.3 Å². The van der Waals surface area contributed by atoms with E-state index < -0.39 is 0 Å². The van der Waals surface area contributed by atoms with Crippen LogP contribution in [0.2, 0.25) is 0 Å². The maximum absolute atomic E-state index is 12.6. The summed E-state index contributed by atoms with van der Waals surface area (Å²) in [7, 11) is 0. The smallest absolute Gasteiger partial charge is 0.276 e. The van der Waals surface area contributed by atoms with Crippen molar-refractivity contribution in [3.63, 3.8) is 0 Å². The number of amides is 1. The molecule has 0 saturated heterocycles. The van der Waals surface area contributed by atoms with Gasteiger partial charge in [0.25, 0.3) is 5.91 Å². The Balaban J connectivity index is 1.79. The van der Waals surface area contributed by atoms with Crippen molar-refractivity contribution >= 4 is 5.91 Å². The van der Waals surface area contributed by atoms with E-state index in [0.29, 0.717) is 30.2 Å². The Hall–Kier alpha value is -2.96. The van der Waals surface area contributed by atoms with Crippen molar-refractivity contribution < 1.29 is 13.9 Å². The Kier molecular flexibility index (Phi) is 4.18. The minimum absolute atomic E-state index is 0.221. The van der Waals surface area contributed by atoms with Crippen molar-refractivity contribution in [1.82, 2.24) is 20.4 Å². The third kappa shape index (κ3) is 3.13. The minimum Gasteiger partial charge on any atom is -0.355 e. The number of rotatable bonds is 5. The zero-order chi connectivity index (χ0) is 16.2. The third-order valence-corrected chi connectivity index (χ3v) is 3.54. The van der Waals surface area contributed by atoms with Crippen LogP contribution in [0, 0.1) is 6.92 Å². The van der Waals surface area contributed by atoms with Crippen LogP contribution in [0.5, 0.6) is 0 Å². The first kappa shape index (κ1) is 15.0. The van der Waals surface area contributed by atoms with E-state index >= 15 is 0 Å². The van der Waals surface area contributed by atoms with Gasteiger partial charge in [0, 0.05) is 18.2 Å². The van der Waals surface area contributed by atoms with E-state index in [-0.39, 0.29) is 11.6 Å². The van der Waals surface area contributed by atoms with E-state index in [9.17, 15) is 4.79 Å². The average molecular weight is 312 g/mol. The molecule has 0 radical (unpaired) electrons. The molecule has 0 aliphatic rings. The molecular formula is C16H16N4O3. The van der Waals surface area contributed by atoms with Crippen LogP contribution < -0.4 is 0 Å². The van der Waals surface area contributed by atoms with Crippen LogP contribution in [0.3, 0.4) is 0 Å². The summed E-state index contributed by atoms with van der Waals surface area (Å²) >= 11 is 0. The van der Waals surface area contributed by atoms with E-state index in [2.05, 4.69) is 20.1 Å². The van der Waals surface area contributed by atoms with Gasteiger partial charge in [-0.1, -0.05) is 45.8 Å². The first-order valence-corrected chi connectivity index (χ1v) is 7.28.